The van der Waals surface area contributed by atoms with Crippen LogP contribution in [0.4, 0.5) is 16.3 Å². The topological polar surface area (TPSA) is 60.5 Å². The summed E-state index contributed by atoms with van der Waals surface area (Å²) in [5, 5.41) is 6.10. The fourth-order valence-electron chi connectivity index (χ4n) is 4.34. The molecule has 0 radical (unpaired) electrons. The Labute approximate surface area is 143 Å². The molecule has 3 saturated heterocycles. The zero-order valence-corrected chi connectivity index (χ0v) is 14.2. The van der Waals surface area contributed by atoms with Gasteiger partial charge in [-0.15, -0.1) is 0 Å². The van der Waals surface area contributed by atoms with Crippen molar-refractivity contribution in [2.45, 2.75) is 50.6 Å². The summed E-state index contributed by atoms with van der Waals surface area (Å²) in [6, 6.07) is 4.65. The van der Waals surface area contributed by atoms with E-state index in [0.717, 1.165) is 37.6 Å². The number of nitrogens with zero attached hydrogens (tertiary/aromatic N) is 3. The van der Waals surface area contributed by atoms with Gasteiger partial charge >= 0.3 is 6.03 Å². The van der Waals surface area contributed by atoms with Gasteiger partial charge in [0.15, 0.2) is 0 Å². The predicted molar refractivity (Wildman–Crippen MR) is 95.5 cm³/mol. The molecule has 0 aromatic carbocycles. The van der Waals surface area contributed by atoms with Crippen LogP contribution in [0.5, 0.6) is 0 Å². The second-order valence-corrected chi connectivity index (χ2v) is 7.19. The molecule has 3 aliphatic heterocycles. The molecule has 0 bridgehead atoms. The molecule has 6 nitrogen and oxygen atoms in total. The van der Waals surface area contributed by atoms with Crippen LogP contribution < -0.4 is 15.5 Å². The van der Waals surface area contributed by atoms with Crippen LogP contribution in [-0.4, -0.2) is 54.2 Å². The Bertz CT molecular complexity index is 569. The number of carbonyl (C=O) groups excluding carboxylic acids is 1. The van der Waals surface area contributed by atoms with E-state index in [0.29, 0.717) is 6.04 Å². The van der Waals surface area contributed by atoms with Crippen LogP contribution in [0.2, 0.25) is 0 Å². The summed E-state index contributed by atoms with van der Waals surface area (Å²) >= 11 is 0. The Morgan fingerprint density at radius 2 is 1.88 bits per heavy atom. The largest absolute Gasteiger partial charge is 0.357 e. The van der Waals surface area contributed by atoms with Gasteiger partial charge in [-0.3, -0.25) is 4.90 Å². The highest BCUT2D eigenvalue weighted by atomic mass is 16.2. The minimum atomic E-state index is -0.108. The molecule has 2 atom stereocenters. The van der Waals surface area contributed by atoms with Crippen LogP contribution in [0.1, 0.15) is 38.5 Å². The Kier molecular flexibility index (Phi) is 4.56. The zero-order chi connectivity index (χ0) is 16.4. The molecule has 24 heavy (non-hydrogen) atoms. The summed E-state index contributed by atoms with van der Waals surface area (Å²) in [5.41, 5.74) is 0.758. The lowest BCUT2D eigenvalue weighted by atomic mass is 9.99. The van der Waals surface area contributed by atoms with Crippen molar-refractivity contribution in [1.29, 1.82) is 0 Å². The average molecular weight is 329 g/mol. The third-order valence-corrected chi connectivity index (χ3v) is 5.61. The first kappa shape index (κ1) is 15.7. The van der Waals surface area contributed by atoms with E-state index in [-0.39, 0.29) is 12.1 Å². The van der Waals surface area contributed by atoms with Crippen molar-refractivity contribution in [3.8, 4) is 0 Å². The molecular formula is C18H27N5O. The van der Waals surface area contributed by atoms with Gasteiger partial charge in [-0.25, -0.2) is 9.78 Å². The molecule has 0 unspecified atom stereocenters. The number of rotatable bonds is 3. The molecule has 0 aliphatic carbocycles. The molecule has 2 amide bonds. The third-order valence-electron chi connectivity index (χ3n) is 5.61. The number of fused-ring (bicyclic) bond motifs is 1. The molecule has 4 heterocycles. The van der Waals surface area contributed by atoms with E-state index < -0.39 is 0 Å². The lowest BCUT2D eigenvalue weighted by Crippen LogP contribution is -2.47. The van der Waals surface area contributed by atoms with E-state index in [4.69, 9.17) is 0 Å². The number of anilines is 2. The van der Waals surface area contributed by atoms with Crippen molar-refractivity contribution in [2.75, 3.05) is 36.4 Å². The summed E-state index contributed by atoms with van der Waals surface area (Å²) in [6.07, 6.45) is 9.08. The standard InChI is InChI=1S/C18H27N5O/c24-18(21-15-8-12-22-9-2-1-5-16(15)22)20-14-6-7-17(19-13-14)23-10-3-4-11-23/h6-7,13,15-16H,1-5,8-12H2,(H2,20,21,24)/t15-,16-/m0/s1. The SMILES string of the molecule is O=C(Nc1ccc(N2CCCC2)nc1)N[C@H]1CCN2CCCC[C@@H]12. The molecule has 3 fully saturated rings. The van der Waals surface area contributed by atoms with Gasteiger partial charge in [-0.05, 0) is 50.8 Å². The first-order chi connectivity index (χ1) is 11.8. The van der Waals surface area contributed by atoms with E-state index in [1.165, 1.54) is 38.6 Å². The molecule has 1 aromatic rings. The van der Waals surface area contributed by atoms with Crippen LogP contribution >= 0.6 is 0 Å². The summed E-state index contributed by atoms with van der Waals surface area (Å²) in [7, 11) is 0. The highest BCUT2D eigenvalue weighted by Crippen LogP contribution is 2.27. The van der Waals surface area contributed by atoms with Gasteiger partial charge in [0.05, 0.1) is 11.9 Å². The quantitative estimate of drug-likeness (QED) is 0.894. The molecule has 4 rings (SSSR count). The average Bonchev–Trinajstić information content (AvgIpc) is 3.26. The number of pyridine rings is 1. The fraction of sp³-hybridized carbons (Fsp3) is 0.667. The Morgan fingerprint density at radius 1 is 1.04 bits per heavy atom. The number of piperidine rings is 1. The van der Waals surface area contributed by atoms with Gasteiger partial charge in [0.1, 0.15) is 5.82 Å². The molecule has 6 heteroatoms. The molecular weight excluding hydrogens is 302 g/mol. The van der Waals surface area contributed by atoms with Crippen LogP contribution in [0.25, 0.3) is 0 Å². The summed E-state index contributed by atoms with van der Waals surface area (Å²) in [6.45, 7) is 4.47. The maximum Gasteiger partial charge on any atom is 0.319 e. The molecule has 0 saturated carbocycles. The van der Waals surface area contributed by atoms with Crippen LogP contribution in [-0.2, 0) is 0 Å². The number of hydrogen-bond acceptors (Lipinski definition) is 4. The van der Waals surface area contributed by atoms with E-state index >= 15 is 0 Å². The second kappa shape index (κ2) is 6.97. The second-order valence-electron chi connectivity index (χ2n) is 7.19. The molecule has 3 aliphatic rings. The van der Waals surface area contributed by atoms with Crippen LogP contribution in [0, 0.1) is 0 Å². The number of carbonyl (C=O) groups is 1. The highest BCUT2D eigenvalue weighted by Gasteiger charge is 2.36. The van der Waals surface area contributed by atoms with E-state index in [1.807, 2.05) is 12.1 Å². The number of amides is 2. The van der Waals surface area contributed by atoms with Gasteiger partial charge < -0.3 is 15.5 Å². The van der Waals surface area contributed by atoms with Gasteiger partial charge in [-0.2, -0.15) is 0 Å². The minimum absolute atomic E-state index is 0.108. The number of nitrogens with one attached hydrogen (secondary N) is 2. The summed E-state index contributed by atoms with van der Waals surface area (Å²) < 4.78 is 0. The Morgan fingerprint density at radius 3 is 2.67 bits per heavy atom. The molecule has 130 valence electrons. The first-order valence-corrected chi connectivity index (χ1v) is 9.32. The van der Waals surface area contributed by atoms with E-state index in [2.05, 4.69) is 25.4 Å². The van der Waals surface area contributed by atoms with Crippen molar-refractivity contribution in [3.63, 3.8) is 0 Å². The summed E-state index contributed by atoms with van der Waals surface area (Å²) in [4.78, 5) is 21.6. The maximum atomic E-state index is 12.3. The van der Waals surface area contributed by atoms with Crippen LogP contribution in [0.3, 0.4) is 0 Å². The predicted octanol–water partition coefficient (Wildman–Crippen LogP) is 2.43. The van der Waals surface area contributed by atoms with Gasteiger partial charge in [0.2, 0.25) is 0 Å². The number of hydrogen-bond donors (Lipinski definition) is 2. The van der Waals surface area contributed by atoms with E-state index in [9.17, 15) is 4.79 Å². The monoisotopic (exact) mass is 329 g/mol. The minimum Gasteiger partial charge on any atom is -0.357 e. The van der Waals surface area contributed by atoms with Crippen molar-refractivity contribution in [2.24, 2.45) is 0 Å². The van der Waals surface area contributed by atoms with Crippen LogP contribution in [0.15, 0.2) is 18.3 Å². The highest BCUT2D eigenvalue weighted by molar-refractivity contribution is 5.89. The van der Waals surface area contributed by atoms with Crippen molar-refractivity contribution >= 4 is 17.5 Å². The molecule has 2 N–H and O–H groups in total. The number of aromatic nitrogens is 1. The van der Waals surface area contributed by atoms with Gasteiger partial charge in [0.25, 0.3) is 0 Å². The van der Waals surface area contributed by atoms with Gasteiger partial charge in [0, 0.05) is 31.7 Å². The zero-order valence-electron chi connectivity index (χ0n) is 14.2. The van der Waals surface area contributed by atoms with Gasteiger partial charge in [-0.1, -0.05) is 6.42 Å². The lowest BCUT2D eigenvalue weighted by molar-refractivity contribution is 0.180. The first-order valence-electron chi connectivity index (χ1n) is 9.32. The van der Waals surface area contributed by atoms with Crippen molar-refractivity contribution in [1.82, 2.24) is 15.2 Å². The number of urea groups is 1. The smallest absolute Gasteiger partial charge is 0.319 e. The molecule has 1 aromatic heterocycles. The summed E-state index contributed by atoms with van der Waals surface area (Å²) in [5.74, 6) is 1.01. The van der Waals surface area contributed by atoms with Crippen molar-refractivity contribution < 1.29 is 4.79 Å². The molecule has 0 spiro atoms. The third kappa shape index (κ3) is 3.34. The maximum absolute atomic E-state index is 12.3. The fourth-order valence-corrected chi connectivity index (χ4v) is 4.34. The Balaban J connectivity index is 1.31. The van der Waals surface area contributed by atoms with Crippen molar-refractivity contribution in [3.05, 3.63) is 18.3 Å². The van der Waals surface area contributed by atoms with E-state index in [1.54, 1.807) is 6.20 Å². The lowest BCUT2D eigenvalue weighted by Gasteiger charge is -2.32. The normalized spacial score (nSPS) is 27.1. The Hall–Kier alpha value is -1.82.